The molecule has 1 aromatic rings. The van der Waals surface area contributed by atoms with Gasteiger partial charge in [-0.15, -0.1) is 0 Å². The Balaban J connectivity index is 2.91. The average molecular weight is 330 g/mol. The lowest BCUT2D eigenvalue weighted by Gasteiger charge is -2.20. The molecule has 1 rings (SSSR count). The van der Waals surface area contributed by atoms with Crippen LogP contribution >= 0.6 is 23.2 Å². The van der Waals surface area contributed by atoms with Gasteiger partial charge >= 0.3 is 12.0 Å². The molecule has 8 heteroatoms. The molecule has 0 aliphatic carbocycles. The summed E-state index contributed by atoms with van der Waals surface area (Å²) in [4.78, 5) is 24.1. The quantitative estimate of drug-likeness (QED) is 0.885. The normalized spacial score (nSPS) is 11.4. The van der Waals surface area contributed by atoms with E-state index in [1.54, 1.807) is 6.92 Å². The van der Waals surface area contributed by atoms with Gasteiger partial charge in [0.1, 0.15) is 0 Å². The maximum absolute atomic E-state index is 12.0. The van der Waals surface area contributed by atoms with Gasteiger partial charge in [0.05, 0.1) is 33.3 Å². The lowest BCUT2D eigenvalue weighted by atomic mass is 10.2. The van der Waals surface area contributed by atoms with E-state index in [0.717, 1.165) is 0 Å². The van der Waals surface area contributed by atoms with Crippen LogP contribution in [0.3, 0.4) is 0 Å². The van der Waals surface area contributed by atoms with Crippen molar-refractivity contribution < 1.29 is 14.7 Å². The summed E-state index contributed by atoms with van der Waals surface area (Å²) in [7, 11) is 1.52. The summed E-state index contributed by atoms with van der Waals surface area (Å²) in [6.45, 7) is 1.93. The summed E-state index contributed by atoms with van der Waals surface area (Å²) in [5.41, 5.74) is 0.0549. The maximum Gasteiger partial charge on any atom is 0.335 e. The van der Waals surface area contributed by atoms with Gasteiger partial charge in [0, 0.05) is 13.6 Å². The van der Waals surface area contributed by atoms with Crippen molar-refractivity contribution in [2.24, 2.45) is 5.92 Å². The number of nitrogens with one attached hydrogen (secondary N) is 1. The van der Waals surface area contributed by atoms with E-state index < -0.39 is 12.0 Å². The van der Waals surface area contributed by atoms with Crippen LogP contribution in [-0.4, -0.2) is 35.6 Å². The predicted octanol–water partition coefficient (Wildman–Crippen LogP) is 3.31. The van der Waals surface area contributed by atoms with Crippen LogP contribution in [-0.2, 0) is 0 Å². The highest BCUT2D eigenvalue weighted by atomic mass is 35.5. The lowest BCUT2D eigenvalue weighted by molar-refractivity contribution is 0.0697. The molecule has 21 heavy (non-hydrogen) atoms. The Hall–Kier alpha value is -1.97. The molecule has 0 aromatic heterocycles. The van der Waals surface area contributed by atoms with Crippen LogP contribution < -0.4 is 5.32 Å². The highest BCUT2D eigenvalue weighted by Gasteiger charge is 2.17. The predicted molar refractivity (Wildman–Crippen MR) is 79.8 cm³/mol. The molecule has 1 unspecified atom stereocenters. The summed E-state index contributed by atoms with van der Waals surface area (Å²) in [5, 5.41) is 20.1. The van der Waals surface area contributed by atoms with Crippen LogP contribution in [0.1, 0.15) is 17.3 Å². The Morgan fingerprint density at radius 1 is 1.43 bits per heavy atom. The van der Waals surface area contributed by atoms with E-state index in [1.165, 1.54) is 24.1 Å². The fourth-order valence-electron chi connectivity index (χ4n) is 1.55. The van der Waals surface area contributed by atoms with Crippen molar-refractivity contribution >= 4 is 40.9 Å². The summed E-state index contributed by atoms with van der Waals surface area (Å²) in [6, 6.07) is 3.92. The number of hydrogen-bond acceptors (Lipinski definition) is 3. The Kier molecular flexibility index (Phi) is 5.82. The number of amides is 2. The number of carboxylic acid groups (broad SMARTS) is 1. The van der Waals surface area contributed by atoms with E-state index in [1.807, 2.05) is 6.07 Å². The highest BCUT2D eigenvalue weighted by Crippen LogP contribution is 2.32. The average Bonchev–Trinajstić information content (AvgIpc) is 2.41. The first-order valence-corrected chi connectivity index (χ1v) is 6.66. The molecule has 2 N–H and O–H groups in total. The standard InChI is InChI=1S/C13H13Cl2N3O3/c1-7(5-16)6-18(2)13(21)17-11-9(14)3-8(12(19)20)4-10(11)15/h3-4,7H,6H2,1-2H3,(H,17,21)(H,19,20). The topological polar surface area (TPSA) is 93.4 Å². The van der Waals surface area contributed by atoms with Gasteiger partial charge in [-0.05, 0) is 19.1 Å². The number of nitriles is 1. The monoisotopic (exact) mass is 329 g/mol. The highest BCUT2D eigenvalue weighted by molar-refractivity contribution is 6.40. The summed E-state index contributed by atoms with van der Waals surface area (Å²) in [6.07, 6.45) is 0. The zero-order chi connectivity index (χ0) is 16.2. The number of benzene rings is 1. The van der Waals surface area contributed by atoms with E-state index in [-0.39, 0.29) is 33.8 Å². The summed E-state index contributed by atoms with van der Waals surface area (Å²) < 4.78 is 0. The number of carbonyl (C=O) groups is 2. The molecule has 2 amide bonds. The smallest absolute Gasteiger partial charge is 0.335 e. The number of anilines is 1. The number of aromatic carboxylic acids is 1. The molecule has 0 saturated heterocycles. The Morgan fingerprint density at radius 2 is 1.95 bits per heavy atom. The fraction of sp³-hybridized carbons (Fsp3) is 0.308. The van der Waals surface area contributed by atoms with Crippen LogP contribution in [0.4, 0.5) is 10.5 Å². The van der Waals surface area contributed by atoms with Gasteiger partial charge in [0.15, 0.2) is 0 Å². The van der Waals surface area contributed by atoms with E-state index in [2.05, 4.69) is 5.32 Å². The van der Waals surface area contributed by atoms with Gasteiger partial charge in [0.25, 0.3) is 0 Å². The molecule has 0 aliphatic rings. The molecule has 0 spiro atoms. The SMILES string of the molecule is CC(C#N)CN(C)C(=O)Nc1c(Cl)cc(C(=O)O)cc1Cl. The Morgan fingerprint density at radius 3 is 2.38 bits per heavy atom. The number of nitrogens with zero attached hydrogens (tertiary/aromatic N) is 2. The van der Waals surface area contributed by atoms with E-state index >= 15 is 0 Å². The molecule has 0 aliphatic heterocycles. The second-order valence-electron chi connectivity index (χ2n) is 4.46. The molecular formula is C13H13Cl2N3O3. The van der Waals surface area contributed by atoms with Crippen molar-refractivity contribution in [1.29, 1.82) is 5.26 Å². The molecule has 1 atom stereocenters. The van der Waals surface area contributed by atoms with Crippen molar-refractivity contribution in [3.63, 3.8) is 0 Å². The van der Waals surface area contributed by atoms with E-state index in [4.69, 9.17) is 33.6 Å². The van der Waals surface area contributed by atoms with Gasteiger partial charge in [-0.3, -0.25) is 0 Å². The van der Waals surface area contributed by atoms with Crippen LogP contribution in [0.15, 0.2) is 12.1 Å². The zero-order valence-corrected chi connectivity index (χ0v) is 12.9. The first kappa shape index (κ1) is 17.1. The van der Waals surface area contributed by atoms with Crippen LogP contribution in [0.25, 0.3) is 0 Å². The molecule has 6 nitrogen and oxygen atoms in total. The minimum absolute atomic E-state index is 0.0231. The van der Waals surface area contributed by atoms with E-state index in [0.29, 0.717) is 0 Å². The van der Waals surface area contributed by atoms with Crippen LogP contribution in [0, 0.1) is 17.2 Å². The van der Waals surface area contributed by atoms with Crippen molar-refractivity contribution in [1.82, 2.24) is 4.90 Å². The van der Waals surface area contributed by atoms with Gasteiger partial charge in [-0.25, -0.2) is 9.59 Å². The molecule has 112 valence electrons. The van der Waals surface area contributed by atoms with E-state index in [9.17, 15) is 9.59 Å². The van der Waals surface area contributed by atoms with Gasteiger partial charge in [-0.1, -0.05) is 23.2 Å². The number of hydrogen-bond donors (Lipinski definition) is 2. The van der Waals surface area contributed by atoms with Crippen molar-refractivity contribution in [2.75, 3.05) is 18.9 Å². The van der Waals surface area contributed by atoms with Crippen molar-refractivity contribution in [2.45, 2.75) is 6.92 Å². The third kappa shape index (κ3) is 4.52. The molecule has 0 radical (unpaired) electrons. The summed E-state index contributed by atoms with van der Waals surface area (Å²) >= 11 is 11.9. The van der Waals surface area contributed by atoms with Crippen molar-refractivity contribution in [3.05, 3.63) is 27.7 Å². The Bertz CT molecular complexity index is 590. The van der Waals surface area contributed by atoms with Gasteiger partial charge in [0.2, 0.25) is 0 Å². The number of rotatable bonds is 4. The first-order chi connectivity index (χ1) is 9.76. The second kappa shape index (κ2) is 7.16. The largest absolute Gasteiger partial charge is 0.478 e. The van der Waals surface area contributed by atoms with Crippen molar-refractivity contribution in [3.8, 4) is 6.07 Å². The molecule has 0 saturated carbocycles. The van der Waals surface area contributed by atoms with Gasteiger partial charge in [-0.2, -0.15) is 5.26 Å². The van der Waals surface area contributed by atoms with Crippen LogP contribution in [0.2, 0.25) is 10.0 Å². The molecule has 1 aromatic carbocycles. The minimum Gasteiger partial charge on any atom is -0.478 e. The third-order valence-electron chi connectivity index (χ3n) is 2.64. The molecule has 0 heterocycles. The molecule has 0 bridgehead atoms. The number of carboxylic acids is 1. The zero-order valence-electron chi connectivity index (χ0n) is 11.4. The lowest BCUT2D eigenvalue weighted by Crippen LogP contribution is -2.34. The fourth-order valence-corrected chi connectivity index (χ4v) is 2.13. The maximum atomic E-state index is 12.0. The first-order valence-electron chi connectivity index (χ1n) is 5.90. The Labute approximate surface area is 131 Å². The number of halogens is 2. The summed E-state index contributed by atoms with van der Waals surface area (Å²) in [5.74, 6) is -1.49. The third-order valence-corrected chi connectivity index (χ3v) is 3.23. The van der Waals surface area contributed by atoms with Crippen LogP contribution in [0.5, 0.6) is 0 Å². The molecular weight excluding hydrogens is 317 g/mol. The van der Waals surface area contributed by atoms with Gasteiger partial charge < -0.3 is 15.3 Å². The number of urea groups is 1. The second-order valence-corrected chi connectivity index (χ2v) is 5.28. The number of carbonyl (C=O) groups excluding carboxylic acids is 1. The minimum atomic E-state index is -1.17. The molecule has 0 fully saturated rings.